The third-order valence-electron chi connectivity index (χ3n) is 18.8. The molecule has 2 saturated carbocycles. The van der Waals surface area contributed by atoms with Crippen molar-refractivity contribution in [3.8, 4) is 0 Å². The van der Waals surface area contributed by atoms with Crippen molar-refractivity contribution in [1.29, 1.82) is 0 Å². The SMILES string of the molecule is CC[C@H]1OC(=O)[C@H](C)[C@@H](O)[C@H](C)C(O[C@@H]2O[C@H](C)C[C@@H](N(C)C)C2O)[C@](C)(O)C[C@@H](C)CN(CCCNC(=O)[C@@]2(O)[C@H](C)CC3C4CC(F)=C5CC(=O)C=C[C@]5(C)[C@@]4(Cl)[C@@H](O)C[C@@]32C)[C@H](C)[C@@H](O)[C@]1(C)O. The second-order valence-corrected chi connectivity index (χ2v) is 24.7. The summed E-state index contributed by atoms with van der Waals surface area (Å²) in [5, 5.41) is 87.5. The van der Waals surface area contributed by atoms with Crippen molar-refractivity contribution in [2.75, 3.05) is 33.7 Å². The third kappa shape index (κ3) is 10.1. The maximum Gasteiger partial charge on any atom is 0.311 e. The number of carbonyl (C=O) groups excluding carboxylic acids is 3. The number of nitrogens with one attached hydrogen (secondary N) is 1. The van der Waals surface area contributed by atoms with Gasteiger partial charge in [-0.25, -0.2) is 4.39 Å². The van der Waals surface area contributed by atoms with E-state index in [0.29, 0.717) is 19.3 Å². The summed E-state index contributed by atoms with van der Waals surface area (Å²) in [7, 11) is 3.69. The predicted octanol–water partition coefficient (Wildman–Crippen LogP) is 3.77. The smallest absolute Gasteiger partial charge is 0.311 e. The fourth-order valence-corrected chi connectivity index (χ4v) is 15.0. The number of nitrogens with zero attached hydrogens (tertiary/aromatic N) is 2. The monoisotopic (exact) mass is 1030 g/mol. The highest BCUT2D eigenvalue weighted by Crippen LogP contribution is 2.71. The Hall–Kier alpha value is -2.13. The highest BCUT2D eigenvalue weighted by Gasteiger charge is 2.75. The summed E-state index contributed by atoms with van der Waals surface area (Å²) < 4.78 is 34.7. The molecule has 0 aromatic carbocycles. The van der Waals surface area contributed by atoms with Crippen LogP contribution in [0.1, 0.15) is 128 Å². The van der Waals surface area contributed by atoms with E-state index < -0.39 is 129 Å². The van der Waals surface area contributed by atoms with Crippen molar-refractivity contribution in [2.45, 2.75) is 210 Å². The Labute approximate surface area is 425 Å². The van der Waals surface area contributed by atoms with Crippen molar-refractivity contribution in [1.82, 2.24) is 15.1 Å². The number of alkyl halides is 1. The average Bonchev–Trinajstić information content (AvgIpc) is 3.49. The molecule has 6 rings (SSSR count). The van der Waals surface area contributed by atoms with Crippen molar-refractivity contribution < 1.29 is 68.7 Å². The van der Waals surface area contributed by atoms with Crippen LogP contribution >= 0.6 is 11.6 Å². The molecule has 8 N–H and O–H groups in total. The van der Waals surface area contributed by atoms with Gasteiger partial charge in [-0.15, -0.1) is 11.6 Å². The maximum atomic E-state index is 16.1. The molecule has 16 nitrogen and oxygen atoms in total. The number of rotatable bonds is 9. The summed E-state index contributed by atoms with van der Waals surface area (Å²) in [6.07, 6.45) is -5.00. The first kappa shape index (κ1) is 58.1. The van der Waals surface area contributed by atoms with Gasteiger partial charge in [0.25, 0.3) is 5.91 Å². The molecule has 0 aromatic rings. The number of aliphatic hydroxyl groups is 7. The maximum absolute atomic E-state index is 16.1. The van der Waals surface area contributed by atoms with Gasteiger partial charge in [0.1, 0.15) is 29.7 Å². The predicted molar refractivity (Wildman–Crippen MR) is 264 cm³/mol. The van der Waals surface area contributed by atoms with E-state index in [1.54, 1.807) is 54.5 Å². The Balaban J connectivity index is 1.23. The fourth-order valence-electron chi connectivity index (χ4n) is 14.5. The second kappa shape index (κ2) is 21.1. The summed E-state index contributed by atoms with van der Waals surface area (Å²) in [5.74, 6) is -6.27. The highest BCUT2D eigenvalue weighted by molar-refractivity contribution is 6.26. The molecule has 2 aliphatic heterocycles. The molecular formula is C53H87ClFN3O13. The minimum Gasteiger partial charge on any atom is -0.459 e. The van der Waals surface area contributed by atoms with Gasteiger partial charge in [0, 0.05) is 61.3 Å². The molecule has 2 saturated heterocycles. The number of allylic oxidation sites excluding steroid dienone is 4. The van der Waals surface area contributed by atoms with Gasteiger partial charge >= 0.3 is 5.97 Å². The fraction of sp³-hybridized carbons (Fsp3) is 0.868. The number of amides is 1. The van der Waals surface area contributed by atoms with Gasteiger partial charge < -0.3 is 60.2 Å². The number of ketones is 1. The Bertz CT molecular complexity index is 2030. The van der Waals surface area contributed by atoms with Crippen molar-refractivity contribution >= 4 is 29.3 Å². The van der Waals surface area contributed by atoms with Crippen LogP contribution in [-0.2, 0) is 28.6 Å². The summed E-state index contributed by atoms with van der Waals surface area (Å²) in [4.78, 5) is 43.2. The summed E-state index contributed by atoms with van der Waals surface area (Å²) in [6, 6.07) is -1.11. The van der Waals surface area contributed by atoms with Crippen LogP contribution in [-0.4, -0.2) is 180 Å². The van der Waals surface area contributed by atoms with E-state index in [9.17, 15) is 50.1 Å². The lowest BCUT2D eigenvalue weighted by Gasteiger charge is -2.63. The van der Waals surface area contributed by atoms with E-state index in [2.05, 4.69) is 5.32 Å². The van der Waals surface area contributed by atoms with E-state index in [-0.39, 0.29) is 81.2 Å². The molecule has 0 radical (unpaired) electrons. The van der Waals surface area contributed by atoms with Crippen LogP contribution in [0.2, 0.25) is 0 Å². The van der Waals surface area contributed by atoms with E-state index in [1.807, 2.05) is 37.7 Å². The molecule has 0 aromatic heterocycles. The summed E-state index contributed by atoms with van der Waals surface area (Å²) in [6.45, 7) is 19.3. The van der Waals surface area contributed by atoms with Crippen LogP contribution in [0.4, 0.5) is 4.39 Å². The normalized spacial score (nSPS) is 49.3. The van der Waals surface area contributed by atoms with Gasteiger partial charge in [-0.1, -0.05) is 47.6 Å². The topological polar surface area (TPSA) is 239 Å². The standard InChI is InChI=1S/C53H87ClFN3O13/c1-14-40-51(11,67)43(63)32(7)58(26-27(2)24-50(10,66)44(30(5)41(61)31(6)45(64)70-40)71-46-42(62)38(57(12)13)21-29(4)69-46)19-15-18-56-47(65)53(68)28(3)20-34-35-23-37(55)36-22-33(59)16-17-48(36,8)52(35,54)39(60)25-49(34,53)9/h16-17,27-32,34-35,38-44,46,60-63,66-68H,14-15,18-26H2,1-13H3,(H,56,65)/t27-,28-,29-,30+,31-,32-,34?,35?,38-,39+,40-,41+,42?,43-,44?,46+,48+,49+,50-,51-,52+,53+/m1/s1. The molecular weight excluding hydrogens is 941 g/mol. The molecule has 22 atom stereocenters. The van der Waals surface area contributed by atoms with Crippen LogP contribution in [0, 0.1) is 46.3 Å². The lowest BCUT2D eigenvalue weighted by atomic mass is 9.46. The van der Waals surface area contributed by atoms with E-state index >= 15 is 4.39 Å². The Morgan fingerprint density at radius 3 is 2.24 bits per heavy atom. The van der Waals surface area contributed by atoms with Gasteiger partial charge in [-0.3, -0.25) is 19.3 Å². The number of esters is 1. The van der Waals surface area contributed by atoms with Crippen molar-refractivity contribution in [3.05, 3.63) is 23.6 Å². The van der Waals surface area contributed by atoms with Crippen LogP contribution < -0.4 is 5.32 Å². The van der Waals surface area contributed by atoms with E-state index in [4.69, 9.17) is 25.8 Å². The van der Waals surface area contributed by atoms with Gasteiger partial charge in [-0.2, -0.15) is 0 Å². The Kier molecular flexibility index (Phi) is 17.3. The van der Waals surface area contributed by atoms with E-state index in [0.717, 1.165) is 0 Å². The van der Waals surface area contributed by atoms with Gasteiger partial charge in [0.05, 0.1) is 40.8 Å². The molecule has 4 unspecified atom stereocenters. The minimum absolute atomic E-state index is 0.0381. The third-order valence-corrected chi connectivity index (χ3v) is 19.7. The number of carbonyl (C=O) groups is 3. The van der Waals surface area contributed by atoms with Gasteiger partial charge in [-0.05, 0) is 123 Å². The molecule has 0 spiro atoms. The van der Waals surface area contributed by atoms with E-state index in [1.165, 1.54) is 19.9 Å². The quantitative estimate of drug-likeness (QED) is 0.0933. The Morgan fingerprint density at radius 2 is 1.62 bits per heavy atom. The van der Waals surface area contributed by atoms with Crippen LogP contribution in [0.3, 0.4) is 0 Å². The zero-order chi connectivity index (χ0) is 53.3. The molecule has 1 amide bonds. The molecule has 6 aliphatic rings. The number of ether oxygens (including phenoxy) is 3. The number of fused-ring (bicyclic) bond motifs is 5. The van der Waals surface area contributed by atoms with Crippen LogP contribution in [0.25, 0.3) is 0 Å². The largest absolute Gasteiger partial charge is 0.459 e. The molecule has 2 heterocycles. The first-order valence-electron chi connectivity index (χ1n) is 26.1. The van der Waals surface area contributed by atoms with Gasteiger partial charge in [0.15, 0.2) is 17.7 Å². The van der Waals surface area contributed by atoms with Crippen molar-refractivity contribution in [2.24, 2.45) is 46.3 Å². The van der Waals surface area contributed by atoms with Crippen LogP contribution in [0.15, 0.2) is 23.6 Å². The number of hydrogen-bond acceptors (Lipinski definition) is 15. The summed E-state index contributed by atoms with van der Waals surface area (Å²) >= 11 is 7.54. The van der Waals surface area contributed by atoms with Crippen LogP contribution in [0.5, 0.6) is 0 Å². The number of likely N-dealkylation sites (N-methyl/N-ethyl adjacent to an activating group) is 1. The Morgan fingerprint density at radius 1 is 0.972 bits per heavy atom. The number of aliphatic hydroxyl groups excluding tert-OH is 4. The average molecular weight is 1030 g/mol. The number of hydrogen-bond donors (Lipinski definition) is 8. The molecule has 0 bridgehead atoms. The molecule has 18 heteroatoms. The first-order valence-corrected chi connectivity index (χ1v) is 26.5. The molecule has 406 valence electrons. The minimum atomic E-state index is -1.97. The lowest BCUT2D eigenvalue weighted by molar-refractivity contribution is -0.299. The first-order chi connectivity index (χ1) is 32.8. The molecule has 4 fully saturated rings. The second-order valence-electron chi connectivity index (χ2n) is 24.1. The van der Waals surface area contributed by atoms with Crippen molar-refractivity contribution in [3.63, 3.8) is 0 Å². The highest BCUT2D eigenvalue weighted by atomic mass is 35.5. The summed E-state index contributed by atoms with van der Waals surface area (Å²) in [5.41, 5.74) is -7.72. The number of halogens is 2. The molecule has 71 heavy (non-hydrogen) atoms. The zero-order valence-corrected chi connectivity index (χ0v) is 45.2. The lowest BCUT2D eigenvalue weighted by Crippen LogP contribution is -2.69. The molecule has 4 aliphatic carbocycles. The zero-order valence-electron chi connectivity index (χ0n) is 44.4. The number of cyclic esters (lactones) is 1. The van der Waals surface area contributed by atoms with Gasteiger partial charge in [0.2, 0.25) is 0 Å².